The Morgan fingerprint density at radius 3 is 2.70 bits per heavy atom. The van der Waals surface area contributed by atoms with Gasteiger partial charge in [0.15, 0.2) is 5.82 Å². The summed E-state index contributed by atoms with van der Waals surface area (Å²) in [7, 11) is 0. The van der Waals surface area contributed by atoms with Crippen LogP contribution in [-0.4, -0.2) is 33.2 Å². The Bertz CT molecular complexity index is 1530. The van der Waals surface area contributed by atoms with Crippen LogP contribution in [0.3, 0.4) is 0 Å². The number of hydrogen-bond donors (Lipinski definition) is 3. The molecule has 2 aromatic heterocycles. The molecule has 1 unspecified atom stereocenters. The average molecular weight is 566 g/mol. The first-order valence-corrected chi connectivity index (χ1v) is 14.4. The van der Waals surface area contributed by atoms with E-state index in [0.29, 0.717) is 40.4 Å². The van der Waals surface area contributed by atoms with Gasteiger partial charge in [0.25, 0.3) is 0 Å². The van der Waals surface area contributed by atoms with Crippen LogP contribution in [0.5, 0.6) is 0 Å². The highest BCUT2D eigenvalue weighted by molar-refractivity contribution is 6.31. The monoisotopic (exact) mass is 565 g/mol. The maximum atomic E-state index is 15.1. The third kappa shape index (κ3) is 6.31. The summed E-state index contributed by atoms with van der Waals surface area (Å²) in [5.74, 6) is 0.108. The van der Waals surface area contributed by atoms with E-state index in [1.165, 1.54) is 4.57 Å². The third-order valence-electron chi connectivity index (χ3n) is 7.60. The molecule has 212 valence electrons. The summed E-state index contributed by atoms with van der Waals surface area (Å²) >= 11 is 6.26. The van der Waals surface area contributed by atoms with Crippen LogP contribution in [0.4, 0.5) is 4.39 Å². The molecule has 1 fully saturated rings. The van der Waals surface area contributed by atoms with Gasteiger partial charge in [-0.2, -0.15) is 4.98 Å². The zero-order valence-corrected chi connectivity index (χ0v) is 23.8. The Morgan fingerprint density at radius 2 is 1.98 bits per heavy atom. The van der Waals surface area contributed by atoms with Crippen molar-refractivity contribution in [3.63, 3.8) is 0 Å². The molecule has 0 aliphatic carbocycles. The highest BCUT2D eigenvalue weighted by atomic mass is 35.5. The number of nitrogens with zero attached hydrogens (tertiary/aromatic N) is 2. The van der Waals surface area contributed by atoms with Crippen molar-refractivity contribution in [2.75, 3.05) is 6.54 Å². The van der Waals surface area contributed by atoms with Gasteiger partial charge >= 0.3 is 5.69 Å². The lowest BCUT2D eigenvalue weighted by molar-refractivity contribution is -0.0604. The molecule has 4 aromatic rings. The molecule has 0 spiro atoms. The van der Waals surface area contributed by atoms with Crippen molar-refractivity contribution in [2.45, 2.75) is 70.6 Å². The molecule has 0 radical (unpaired) electrons. The van der Waals surface area contributed by atoms with Crippen LogP contribution in [0.2, 0.25) is 5.02 Å². The summed E-state index contributed by atoms with van der Waals surface area (Å²) in [5, 5.41) is 0.770. The minimum Gasteiger partial charge on any atom is -0.370 e. The summed E-state index contributed by atoms with van der Waals surface area (Å²) in [5.41, 5.74) is 15.5. The van der Waals surface area contributed by atoms with Crippen LogP contribution in [0.1, 0.15) is 63.2 Å². The van der Waals surface area contributed by atoms with Crippen molar-refractivity contribution < 1.29 is 9.13 Å². The number of aryl methyl sites for hydroxylation is 1. The van der Waals surface area contributed by atoms with Gasteiger partial charge in [0.1, 0.15) is 5.65 Å². The molecular weight excluding hydrogens is 529 g/mol. The molecule has 0 amide bonds. The zero-order chi connectivity index (χ0) is 28.4. The van der Waals surface area contributed by atoms with Gasteiger partial charge in [0, 0.05) is 23.2 Å². The number of nitrogens with one attached hydrogen (secondary N) is 1. The predicted molar refractivity (Wildman–Crippen MR) is 158 cm³/mol. The molecule has 1 aliphatic heterocycles. The predicted octanol–water partition coefficient (Wildman–Crippen LogP) is 6.05. The highest BCUT2D eigenvalue weighted by Gasteiger charge is 2.28. The molecule has 5 rings (SSSR count). The van der Waals surface area contributed by atoms with Crippen LogP contribution in [-0.2, 0) is 11.2 Å². The largest absolute Gasteiger partial charge is 0.370 e. The van der Waals surface area contributed by atoms with E-state index in [1.807, 2.05) is 30.3 Å². The summed E-state index contributed by atoms with van der Waals surface area (Å²) in [6.45, 7) is 4.93. The molecule has 9 heteroatoms. The van der Waals surface area contributed by atoms with E-state index in [0.717, 1.165) is 49.7 Å². The lowest BCUT2D eigenvalue weighted by Crippen LogP contribution is -2.37. The molecule has 7 nitrogen and oxygen atoms in total. The number of H-pyrrole nitrogens is 1. The highest BCUT2D eigenvalue weighted by Crippen LogP contribution is 2.33. The van der Waals surface area contributed by atoms with Gasteiger partial charge in [-0.15, -0.1) is 0 Å². The number of rotatable bonds is 9. The van der Waals surface area contributed by atoms with Crippen LogP contribution in [0.25, 0.3) is 28.0 Å². The van der Waals surface area contributed by atoms with Crippen LogP contribution in [0.15, 0.2) is 53.5 Å². The quantitative estimate of drug-likeness (QED) is 0.229. The second-order valence-electron chi connectivity index (χ2n) is 11.3. The van der Waals surface area contributed by atoms with E-state index >= 15 is 4.39 Å². The topological polar surface area (TPSA) is 112 Å². The van der Waals surface area contributed by atoms with Crippen LogP contribution in [0, 0.1) is 11.7 Å². The molecule has 1 saturated heterocycles. The molecule has 3 heterocycles. The molecule has 0 saturated carbocycles. The van der Waals surface area contributed by atoms with Crippen molar-refractivity contribution >= 4 is 22.6 Å². The zero-order valence-electron chi connectivity index (χ0n) is 23.0. The Balaban J connectivity index is 1.41. The number of benzene rings is 2. The van der Waals surface area contributed by atoms with E-state index in [-0.39, 0.29) is 23.3 Å². The molecule has 5 N–H and O–H groups in total. The molecular formula is C31H37ClFN5O2. The van der Waals surface area contributed by atoms with E-state index in [4.69, 9.17) is 27.8 Å². The SMILES string of the molecule is CC(C)CCCc1cc(Cl)c(F)c(-c2cc3cn(-c4ccc([C@H]5CC(N)C[C@H](CCN)O5)cc4)c(=O)nc3[nH]2)c1. The summed E-state index contributed by atoms with van der Waals surface area (Å²) < 4.78 is 22.8. The Morgan fingerprint density at radius 1 is 1.20 bits per heavy atom. The van der Waals surface area contributed by atoms with E-state index in [1.54, 1.807) is 18.3 Å². The number of aromatic amines is 1. The van der Waals surface area contributed by atoms with Crippen LogP contribution >= 0.6 is 11.6 Å². The molecule has 0 bridgehead atoms. The van der Waals surface area contributed by atoms with Crippen molar-refractivity contribution in [3.05, 3.63) is 81.1 Å². The number of ether oxygens (including phenoxy) is 1. The summed E-state index contributed by atoms with van der Waals surface area (Å²) in [6.07, 6.45) is 6.89. The minimum atomic E-state index is -0.495. The average Bonchev–Trinajstić information content (AvgIpc) is 3.32. The second-order valence-corrected chi connectivity index (χ2v) is 11.7. The van der Waals surface area contributed by atoms with Gasteiger partial charge < -0.3 is 21.2 Å². The number of fused-ring (bicyclic) bond motifs is 1. The van der Waals surface area contributed by atoms with E-state index in [9.17, 15) is 4.79 Å². The van der Waals surface area contributed by atoms with Crippen LogP contribution < -0.4 is 17.2 Å². The van der Waals surface area contributed by atoms with Crippen molar-refractivity contribution in [2.24, 2.45) is 17.4 Å². The third-order valence-corrected chi connectivity index (χ3v) is 7.88. The van der Waals surface area contributed by atoms with Gasteiger partial charge in [-0.1, -0.05) is 44.0 Å². The maximum absolute atomic E-state index is 15.1. The Hall–Kier alpha value is -3.04. The van der Waals surface area contributed by atoms with Gasteiger partial charge in [-0.05, 0) is 86.0 Å². The van der Waals surface area contributed by atoms with Gasteiger partial charge in [0.2, 0.25) is 0 Å². The number of halogens is 2. The Labute approximate surface area is 238 Å². The molecule has 3 atom stereocenters. The van der Waals surface area contributed by atoms with Crippen molar-refractivity contribution in [1.29, 1.82) is 0 Å². The molecule has 1 aliphatic rings. The Kier molecular flexibility index (Phi) is 8.71. The number of hydrogen-bond acceptors (Lipinski definition) is 5. The summed E-state index contributed by atoms with van der Waals surface area (Å²) in [4.78, 5) is 20.3. The lowest BCUT2D eigenvalue weighted by Gasteiger charge is -2.34. The standard InChI is InChI=1S/C31H37ClFN5O2/c1-18(2)4-3-5-19-12-25(29(33)26(32)13-19)27-14-21-17-38(31(39)37-30(21)36-27)23-8-6-20(7-9-23)28-16-22(35)15-24(40-28)10-11-34/h6-9,12-14,17-18,22,24,28H,3-5,10-11,15-16,34-35H2,1-2H3,(H,36,37,39)/t22?,24-,28+/m0/s1. The fourth-order valence-electron chi connectivity index (χ4n) is 5.51. The summed E-state index contributed by atoms with van der Waals surface area (Å²) in [6, 6.07) is 13.0. The first-order chi connectivity index (χ1) is 19.2. The normalized spacial score (nSPS) is 19.5. The minimum absolute atomic E-state index is 0.0518. The number of nitrogens with two attached hydrogens (primary N) is 2. The van der Waals surface area contributed by atoms with Gasteiger partial charge in [-0.3, -0.25) is 4.57 Å². The van der Waals surface area contributed by atoms with E-state index in [2.05, 4.69) is 23.8 Å². The lowest BCUT2D eigenvalue weighted by atomic mass is 9.93. The smallest absolute Gasteiger partial charge is 0.354 e. The number of aromatic nitrogens is 3. The van der Waals surface area contributed by atoms with Gasteiger partial charge in [-0.25, -0.2) is 9.18 Å². The molecule has 40 heavy (non-hydrogen) atoms. The fourth-order valence-corrected chi connectivity index (χ4v) is 5.75. The van der Waals surface area contributed by atoms with Gasteiger partial charge in [0.05, 0.1) is 28.6 Å². The second kappa shape index (κ2) is 12.2. The van der Waals surface area contributed by atoms with Crippen molar-refractivity contribution in [1.82, 2.24) is 14.5 Å². The molecule has 2 aromatic carbocycles. The first-order valence-electron chi connectivity index (χ1n) is 14.0. The van der Waals surface area contributed by atoms with Crippen molar-refractivity contribution in [3.8, 4) is 16.9 Å². The maximum Gasteiger partial charge on any atom is 0.354 e. The fraction of sp³-hybridized carbons (Fsp3) is 0.419. The van der Waals surface area contributed by atoms with E-state index < -0.39 is 11.5 Å². The first kappa shape index (κ1) is 28.5.